The van der Waals surface area contributed by atoms with E-state index in [-0.39, 0.29) is 29.9 Å². The second-order valence-electron chi connectivity index (χ2n) is 10.4. The van der Waals surface area contributed by atoms with E-state index in [4.69, 9.17) is 0 Å². The molecule has 0 saturated heterocycles. The highest BCUT2D eigenvalue weighted by molar-refractivity contribution is 8.15. The topological polar surface area (TPSA) is 137 Å². The Hall–Kier alpha value is -1.83. The molecule has 0 fully saturated rings. The number of amidine groups is 1. The molecular formula is C23H36N5O5S2-. The van der Waals surface area contributed by atoms with Crippen molar-refractivity contribution in [1.82, 2.24) is 20.1 Å². The van der Waals surface area contributed by atoms with Gasteiger partial charge in [-0.2, -0.15) is 5.06 Å². The number of benzene rings is 1. The van der Waals surface area contributed by atoms with Crippen LogP contribution < -0.4 is 10.0 Å². The van der Waals surface area contributed by atoms with E-state index in [9.17, 15) is 23.6 Å². The zero-order valence-corrected chi connectivity index (χ0v) is 23.0. The van der Waals surface area contributed by atoms with Gasteiger partial charge in [0.1, 0.15) is 0 Å². The van der Waals surface area contributed by atoms with Gasteiger partial charge in [0.15, 0.2) is 10.0 Å². The van der Waals surface area contributed by atoms with Crippen LogP contribution in [0.4, 0.5) is 0 Å². The van der Waals surface area contributed by atoms with E-state index >= 15 is 0 Å². The first-order chi connectivity index (χ1) is 16.1. The number of hydrazone groups is 1. The molecule has 3 N–H and O–H groups in total. The SMILES string of the molecule is CCN(O)CCC(NS(=O)[O-])C1(c2ccccc2)SC(NC(=O)C(C)(C)C)=NN1C(=O)C(C)(C)C. The molecule has 0 radical (unpaired) electrons. The first-order valence-electron chi connectivity index (χ1n) is 11.4. The number of hydrogen-bond acceptors (Lipinski definition) is 8. The summed E-state index contributed by atoms with van der Waals surface area (Å²) in [6, 6.07) is 8.08. The highest BCUT2D eigenvalue weighted by atomic mass is 32.2. The van der Waals surface area contributed by atoms with Crippen LogP contribution in [0.5, 0.6) is 0 Å². The number of carbonyl (C=O) groups is 2. The van der Waals surface area contributed by atoms with Crippen LogP contribution in [-0.2, 0) is 25.7 Å². The van der Waals surface area contributed by atoms with E-state index in [1.54, 1.807) is 72.7 Å². The second-order valence-corrected chi connectivity index (χ2v) is 12.3. The minimum atomic E-state index is -2.68. The molecule has 35 heavy (non-hydrogen) atoms. The van der Waals surface area contributed by atoms with Gasteiger partial charge in [0, 0.05) is 35.2 Å². The molecule has 3 atom stereocenters. The normalized spacial score (nSPS) is 20.5. The van der Waals surface area contributed by atoms with Gasteiger partial charge in [-0.3, -0.25) is 13.8 Å². The Bertz CT molecular complexity index is 961. The van der Waals surface area contributed by atoms with Gasteiger partial charge < -0.3 is 15.1 Å². The average Bonchev–Trinajstić information content (AvgIpc) is 3.14. The van der Waals surface area contributed by atoms with Crippen LogP contribution in [0.2, 0.25) is 0 Å². The quantitative estimate of drug-likeness (QED) is 0.350. The predicted octanol–water partition coefficient (Wildman–Crippen LogP) is 2.75. The molecule has 10 nitrogen and oxygen atoms in total. The van der Waals surface area contributed by atoms with E-state index < -0.39 is 33.0 Å². The molecule has 0 bridgehead atoms. The number of hydrogen-bond donors (Lipinski definition) is 3. The highest BCUT2D eigenvalue weighted by Gasteiger charge is 2.55. The van der Waals surface area contributed by atoms with Crippen molar-refractivity contribution in [2.45, 2.75) is 65.8 Å². The third-order valence-electron chi connectivity index (χ3n) is 5.43. The summed E-state index contributed by atoms with van der Waals surface area (Å²) >= 11 is -1.58. The standard InChI is InChI=1S/C23H37N5O5S2/c1-8-27(31)15-14-17(26-35(32)33)23(16-12-10-9-11-13-16)28(19(30)22(5,6)7)25-20(34-23)24-18(29)21(2,3)4/h9-13,17,26,31H,8,14-15H2,1-7H3,(H,32,33)(H,24,25,29)/p-1. The lowest BCUT2D eigenvalue weighted by atomic mass is 9.90. The summed E-state index contributed by atoms with van der Waals surface area (Å²) in [5.74, 6) is -0.645. The van der Waals surface area contributed by atoms with Crippen LogP contribution in [0.15, 0.2) is 35.4 Å². The van der Waals surface area contributed by atoms with E-state index in [1.807, 2.05) is 6.07 Å². The largest absolute Gasteiger partial charge is 0.760 e. The minimum Gasteiger partial charge on any atom is -0.760 e. The summed E-state index contributed by atoms with van der Waals surface area (Å²) in [7, 11) is 0. The predicted molar refractivity (Wildman–Crippen MR) is 137 cm³/mol. The van der Waals surface area contributed by atoms with Gasteiger partial charge in [-0.25, -0.2) is 9.73 Å². The van der Waals surface area contributed by atoms with Gasteiger partial charge in [-0.05, 0) is 23.7 Å². The summed E-state index contributed by atoms with van der Waals surface area (Å²) < 4.78 is 26.4. The lowest BCUT2D eigenvalue weighted by Crippen LogP contribution is -2.58. The van der Waals surface area contributed by atoms with Gasteiger partial charge in [0.25, 0.3) is 0 Å². The summed E-state index contributed by atoms with van der Waals surface area (Å²) in [5.41, 5.74) is -0.955. The monoisotopic (exact) mass is 526 g/mol. The van der Waals surface area contributed by atoms with Crippen LogP contribution >= 0.6 is 11.8 Å². The van der Waals surface area contributed by atoms with Crippen molar-refractivity contribution in [2.75, 3.05) is 13.1 Å². The fourth-order valence-corrected chi connectivity index (χ4v) is 5.33. The number of nitrogens with one attached hydrogen (secondary N) is 2. The van der Waals surface area contributed by atoms with E-state index in [0.717, 1.165) is 16.8 Å². The molecule has 1 aliphatic heterocycles. The van der Waals surface area contributed by atoms with Crippen molar-refractivity contribution in [3.63, 3.8) is 0 Å². The zero-order chi connectivity index (χ0) is 26.6. The molecule has 1 aliphatic rings. The molecule has 2 amide bonds. The van der Waals surface area contributed by atoms with Crippen molar-refractivity contribution >= 4 is 40.0 Å². The van der Waals surface area contributed by atoms with Gasteiger partial charge in [0.2, 0.25) is 11.8 Å². The van der Waals surface area contributed by atoms with Crippen molar-refractivity contribution in [3.8, 4) is 0 Å². The molecule has 12 heteroatoms. The fraction of sp³-hybridized carbons (Fsp3) is 0.609. The third kappa shape index (κ3) is 7.11. The van der Waals surface area contributed by atoms with E-state index in [2.05, 4.69) is 15.1 Å². The Morgan fingerprint density at radius 1 is 1.20 bits per heavy atom. The van der Waals surface area contributed by atoms with Crippen LogP contribution in [0.1, 0.15) is 60.5 Å². The molecule has 3 unspecified atom stereocenters. The summed E-state index contributed by atoms with van der Waals surface area (Å²) in [5, 5.41) is 19.9. The molecule has 1 aromatic rings. The number of carbonyl (C=O) groups excluding carboxylic acids is 2. The Morgan fingerprint density at radius 2 is 1.80 bits per heavy atom. The number of thioether (sulfide) groups is 1. The summed E-state index contributed by atoms with van der Waals surface area (Å²) in [4.78, 5) is 25.1. The third-order valence-corrected chi connectivity index (χ3v) is 7.29. The first-order valence-corrected chi connectivity index (χ1v) is 13.3. The van der Waals surface area contributed by atoms with Gasteiger partial charge in [-0.1, -0.05) is 78.8 Å². The fourth-order valence-electron chi connectivity index (χ4n) is 3.39. The van der Waals surface area contributed by atoms with Gasteiger partial charge >= 0.3 is 0 Å². The average molecular weight is 527 g/mol. The molecular weight excluding hydrogens is 490 g/mol. The first kappa shape index (κ1) is 29.4. The number of amides is 2. The molecule has 0 saturated carbocycles. The van der Waals surface area contributed by atoms with E-state index in [0.29, 0.717) is 12.1 Å². The molecule has 196 valence electrons. The van der Waals surface area contributed by atoms with Gasteiger partial charge in [0.05, 0.1) is 6.04 Å². The molecule has 1 aromatic carbocycles. The van der Waals surface area contributed by atoms with Crippen molar-refractivity contribution in [1.29, 1.82) is 0 Å². The number of nitrogens with zero attached hydrogens (tertiary/aromatic N) is 3. The smallest absolute Gasteiger partial charge is 0.249 e. The maximum absolute atomic E-state index is 13.7. The lowest BCUT2D eigenvalue weighted by molar-refractivity contribution is -0.144. The summed E-state index contributed by atoms with van der Waals surface area (Å²) in [6.45, 7) is 12.8. The van der Waals surface area contributed by atoms with Crippen LogP contribution in [0, 0.1) is 10.8 Å². The summed E-state index contributed by atoms with van der Waals surface area (Å²) in [6.07, 6.45) is 0.157. The van der Waals surface area contributed by atoms with Gasteiger partial charge in [-0.15, -0.1) is 5.10 Å². The molecule has 2 rings (SSSR count). The van der Waals surface area contributed by atoms with Crippen LogP contribution in [0.25, 0.3) is 0 Å². The van der Waals surface area contributed by atoms with Crippen molar-refractivity contribution in [3.05, 3.63) is 35.9 Å². The Labute approximate surface area is 214 Å². The Morgan fingerprint density at radius 3 is 2.29 bits per heavy atom. The number of hydroxylamine groups is 2. The highest BCUT2D eigenvalue weighted by Crippen LogP contribution is 2.50. The van der Waals surface area contributed by atoms with Crippen molar-refractivity contribution < 1.29 is 23.6 Å². The van der Waals surface area contributed by atoms with Crippen LogP contribution in [0.3, 0.4) is 0 Å². The van der Waals surface area contributed by atoms with Crippen molar-refractivity contribution in [2.24, 2.45) is 15.9 Å². The molecule has 0 spiro atoms. The second kappa shape index (κ2) is 11.5. The van der Waals surface area contributed by atoms with E-state index in [1.165, 1.54) is 5.01 Å². The molecule has 1 heterocycles. The van der Waals surface area contributed by atoms with Crippen LogP contribution in [-0.4, -0.2) is 60.2 Å². The maximum atomic E-state index is 13.7. The zero-order valence-electron chi connectivity index (χ0n) is 21.3. The lowest BCUT2D eigenvalue weighted by Gasteiger charge is -2.44. The maximum Gasteiger partial charge on any atom is 0.249 e. The Balaban J connectivity index is 2.71. The number of rotatable bonds is 8. The Kier molecular flexibility index (Phi) is 9.65. The molecule has 0 aliphatic carbocycles. The molecule has 0 aromatic heterocycles. The minimum absolute atomic E-state index is 0.141.